The van der Waals surface area contributed by atoms with Crippen LogP contribution < -0.4 is 4.74 Å². The molecule has 0 aliphatic rings. The van der Waals surface area contributed by atoms with E-state index in [4.69, 9.17) is 16.3 Å². The van der Waals surface area contributed by atoms with Gasteiger partial charge in [-0.2, -0.15) is 0 Å². The average molecular weight is 429 g/mol. The van der Waals surface area contributed by atoms with Gasteiger partial charge in [-0.3, -0.25) is 4.57 Å². The number of rotatable bonds is 6. The van der Waals surface area contributed by atoms with Gasteiger partial charge in [-0.15, -0.1) is 22.0 Å². The molecule has 0 N–H and O–H groups in total. The normalized spacial score (nSPS) is 11.1. The van der Waals surface area contributed by atoms with Gasteiger partial charge in [0.15, 0.2) is 5.16 Å². The molecule has 0 saturated heterocycles. The number of hydrogen-bond donors (Lipinski definition) is 0. The van der Waals surface area contributed by atoms with Gasteiger partial charge in [0, 0.05) is 27.3 Å². The number of halogens is 1. The number of nitrogens with zero attached hydrogens (tertiary/aromatic N) is 4. The molecule has 4 rings (SSSR count). The van der Waals surface area contributed by atoms with Crippen LogP contribution in [0.4, 0.5) is 0 Å². The van der Waals surface area contributed by atoms with Crippen molar-refractivity contribution in [2.24, 2.45) is 0 Å². The van der Waals surface area contributed by atoms with Crippen LogP contribution in [-0.4, -0.2) is 33.1 Å². The highest BCUT2D eigenvalue weighted by atomic mass is 35.5. The highest BCUT2D eigenvalue weighted by Crippen LogP contribution is 2.30. The summed E-state index contributed by atoms with van der Waals surface area (Å²) in [7, 11) is 1.65. The lowest BCUT2D eigenvalue weighted by atomic mass is 10.2. The second kappa shape index (κ2) is 8.43. The Balaban J connectivity index is 1.56. The monoisotopic (exact) mass is 428 g/mol. The molecule has 2 aromatic carbocycles. The Morgan fingerprint density at radius 3 is 2.68 bits per heavy atom. The van der Waals surface area contributed by atoms with Crippen LogP contribution in [0.25, 0.3) is 16.6 Å². The largest absolute Gasteiger partial charge is 0.497 e. The van der Waals surface area contributed by atoms with E-state index in [1.807, 2.05) is 35.1 Å². The van der Waals surface area contributed by atoms with Crippen molar-refractivity contribution in [3.05, 3.63) is 65.6 Å². The van der Waals surface area contributed by atoms with Gasteiger partial charge < -0.3 is 4.74 Å². The average Bonchev–Trinajstić information content (AvgIpc) is 3.20. The van der Waals surface area contributed by atoms with Crippen molar-refractivity contribution in [2.45, 2.75) is 15.8 Å². The van der Waals surface area contributed by atoms with Gasteiger partial charge in [-0.05, 0) is 48.7 Å². The fourth-order valence-corrected chi connectivity index (χ4v) is 4.41. The van der Waals surface area contributed by atoms with E-state index in [0.717, 1.165) is 33.1 Å². The van der Waals surface area contributed by atoms with Crippen molar-refractivity contribution in [1.82, 2.24) is 19.7 Å². The summed E-state index contributed by atoms with van der Waals surface area (Å²) in [5, 5.41) is 10.7. The van der Waals surface area contributed by atoms with E-state index in [1.54, 1.807) is 37.0 Å². The minimum Gasteiger partial charge on any atom is -0.497 e. The van der Waals surface area contributed by atoms with Crippen LogP contribution in [0.3, 0.4) is 0 Å². The zero-order chi connectivity index (χ0) is 19.5. The minimum absolute atomic E-state index is 0.522. The third-order valence-corrected chi connectivity index (χ3v) is 6.32. The number of aromatic nitrogens is 4. The number of fused-ring (bicyclic) bond motifs is 1. The second-order valence-corrected chi connectivity index (χ2v) is 8.15. The molecule has 4 aromatic rings. The molecular weight excluding hydrogens is 412 g/mol. The van der Waals surface area contributed by atoms with Crippen molar-refractivity contribution < 1.29 is 4.74 Å². The van der Waals surface area contributed by atoms with Crippen LogP contribution in [0.5, 0.6) is 5.75 Å². The summed E-state index contributed by atoms with van der Waals surface area (Å²) in [5.41, 5.74) is 2.85. The number of thioether (sulfide) groups is 2. The first-order valence-electron chi connectivity index (χ1n) is 8.48. The summed E-state index contributed by atoms with van der Waals surface area (Å²) >= 11 is 9.70. The van der Waals surface area contributed by atoms with Crippen LogP contribution in [0, 0.1) is 0 Å². The van der Waals surface area contributed by atoms with Gasteiger partial charge in [0.05, 0.1) is 12.6 Å². The van der Waals surface area contributed by atoms with E-state index in [1.165, 1.54) is 4.90 Å². The maximum atomic E-state index is 6.44. The number of ether oxygens (including phenoxy) is 1. The van der Waals surface area contributed by atoms with E-state index >= 15 is 0 Å². The highest BCUT2D eigenvalue weighted by Gasteiger charge is 2.11. The Kier molecular flexibility index (Phi) is 5.75. The van der Waals surface area contributed by atoms with E-state index in [2.05, 4.69) is 39.4 Å². The number of hydrogen-bond acceptors (Lipinski definition) is 6. The molecule has 0 unspecified atom stereocenters. The Labute approximate surface area is 176 Å². The van der Waals surface area contributed by atoms with Crippen molar-refractivity contribution in [3.63, 3.8) is 0 Å². The fourth-order valence-electron chi connectivity index (χ4n) is 2.78. The van der Waals surface area contributed by atoms with Gasteiger partial charge in [0.2, 0.25) is 0 Å². The molecule has 0 saturated carbocycles. The molecule has 0 aliphatic heterocycles. The Morgan fingerprint density at radius 1 is 1.11 bits per heavy atom. The predicted octanol–water partition coefficient (Wildman–Crippen LogP) is 5.49. The van der Waals surface area contributed by atoms with Crippen molar-refractivity contribution in [1.29, 1.82) is 0 Å². The molecule has 2 heterocycles. The predicted molar refractivity (Wildman–Crippen MR) is 116 cm³/mol. The molecule has 142 valence electrons. The van der Waals surface area contributed by atoms with Crippen LogP contribution in [0.15, 0.2) is 64.9 Å². The summed E-state index contributed by atoms with van der Waals surface area (Å²) in [6, 6.07) is 16.1. The van der Waals surface area contributed by atoms with Crippen molar-refractivity contribution in [3.8, 4) is 11.4 Å². The lowest BCUT2D eigenvalue weighted by Crippen LogP contribution is -1.96. The van der Waals surface area contributed by atoms with Gasteiger partial charge in [-0.1, -0.05) is 29.4 Å². The SMILES string of the molecule is COc1ccc(-n2cnnc2SCc2cc3ccc(SC)cc3nc2Cl)cc1. The van der Waals surface area contributed by atoms with Crippen molar-refractivity contribution >= 4 is 46.0 Å². The maximum absolute atomic E-state index is 6.44. The van der Waals surface area contributed by atoms with E-state index in [-0.39, 0.29) is 0 Å². The van der Waals surface area contributed by atoms with E-state index in [0.29, 0.717) is 10.9 Å². The lowest BCUT2D eigenvalue weighted by molar-refractivity contribution is 0.414. The number of benzene rings is 2. The first-order chi connectivity index (χ1) is 13.7. The smallest absolute Gasteiger partial charge is 0.195 e. The summed E-state index contributed by atoms with van der Waals surface area (Å²) in [4.78, 5) is 5.74. The quantitative estimate of drug-likeness (QED) is 0.299. The third kappa shape index (κ3) is 3.97. The zero-order valence-corrected chi connectivity index (χ0v) is 17.7. The van der Waals surface area contributed by atoms with Crippen molar-refractivity contribution in [2.75, 3.05) is 13.4 Å². The molecule has 0 aliphatic carbocycles. The molecule has 0 amide bonds. The van der Waals surface area contributed by atoms with Gasteiger partial charge >= 0.3 is 0 Å². The van der Waals surface area contributed by atoms with E-state index < -0.39 is 0 Å². The lowest BCUT2D eigenvalue weighted by Gasteiger charge is -2.09. The zero-order valence-electron chi connectivity index (χ0n) is 15.3. The van der Waals surface area contributed by atoms with Gasteiger partial charge in [-0.25, -0.2) is 4.98 Å². The maximum Gasteiger partial charge on any atom is 0.195 e. The Hall–Kier alpha value is -2.22. The molecule has 0 atom stereocenters. The molecule has 2 aromatic heterocycles. The van der Waals surface area contributed by atoms with Crippen LogP contribution >= 0.6 is 35.1 Å². The molecule has 5 nitrogen and oxygen atoms in total. The molecule has 28 heavy (non-hydrogen) atoms. The summed E-state index contributed by atoms with van der Waals surface area (Å²) < 4.78 is 7.16. The van der Waals surface area contributed by atoms with Crippen LogP contribution in [-0.2, 0) is 5.75 Å². The topological polar surface area (TPSA) is 52.8 Å². The standard InChI is InChI=1S/C20H17ClN4OS2/c1-26-16-6-4-15(5-7-16)25-12-22-24-20(25)28-11-14-9-13-3-8-17(27-2)10-18(13)23-19(14)21/h3-10,12H,11H2,1-2H3. The molecule has 0 spiro atoms. The summed E-state index contributed by atoms with van der Waals surface area (Å²) in [6.07, 6.45) is 3.75. The van der Waals surface area contributed by atoms with Crippen LogP contribution in [0.1, 0.15) is 5.56 Å². The van der Waals surface area contributed by atoms with Gasteiger partial charge in [0.1, 0.15) is 17.2 Å². The fraction of sp³-hybridized carbons (Fsp3) is 0.150. The molecular formula is C20H17ClN4OS2. The molecule has 8 heteroatoms. The first kappa shape index (κ1) is 19.1. The highest BCUT2D eigenvalue weighted by molar-refractivity contribution is 7.98. The summed E-state index contributed by atoms with van der Waals surface area (Å²) in [6.45, 7) is 0. The molecule has 0 fully saturated rings. The second-order valence-electron chi connectivity index (χ2n) is 5.97. The minimum atomic E-state index is 0.522. The molecule has 0 radical (unpaired) electrons. The van der Waals surface area contributed by atoms with Crippen LogP contribution in [0.2, 0.25) is 5.15 Å². The Morgan fingerprint density at radius 2 is 1.93 bits per heavy atom. The number of pyridine rings is 1. The van der Waals surface area contributed by atoms with Gasteiger partial charge in [0.25, 0.3) is 0 Å². The van der Waals surface area contributed by atoms with E-state index in [9.17, 15) is 0 Å². The molecule has 0 bridgehead atoms. The first-order valence-corrected chi connectivity index (χ1v) is 11.1. The third-order valence-electron chi connectivity index (χ3n) is 4.27. The Bertz CT molecular complexity index is 1120. The number of methoxy groups -OCH3 is 1. The summed E-state index contributed by atoms with van der Waals surface area (Å²) in [5.74, 6) is 1.46.